The average Bonchev–Trinajstić information content (AvgIpc) is 2.71. The van der Waals surface area contributed by atoms with Gasteiger partial charge in [-0.3, -0.25) is 0 Å². The fourth-order valence-corrected chi connectivity index (χ4v) is 2.41. The molecular formula is C13H17N3OS. The molecule has 96 valence electrons. The van der Waals surface area contributed by atoms with Crippen molar-refractivity contribution in [2.75, 3.05) is 0 Å². The quantitative estimate of drug-likeness (QED) is 0.921. The lowest BCUT2D eigenvalue weighted by Gasteiger charge is -2.08. The molecule has 0 bridgehead atoms. The summed E-state index contributed by atoms with van der Waals surface area (Å²) in [5, 5.41) is 18.7. The molecule has 0 aliphatic carbocycles. The average molecular weight is 263 g/mol. The van der Waals surface area contributed by atoms with Crippen molar-refractivity contribution < 1.29 is 5.11 Å². The van der Waals surface area contributed by atoms with Gasteiger partial charge in [-0.2, -0.15) is 0 Å². The summed E-state index contributed by atoms with van der Waals surface area (Å²) in [6.45, 7) is 3.90. The summed E-state index contributed by atoms with van der Waals surface area (Å²) in [5.41, 5.74) is 0.955. The lowest BCUT2D eigenvalue weighted by molar-refractivity contribution is 0.173. The van der Waals surface area contributed by atoms with E-state index in [1.807, 2.05) is 49.7 Å². The van der Waals surface area contributed by atoms with Crippen LogP contribution in [0.1, 0.15) is 30.8 Å². The number of hydrogen-bond donors (Lipinski definition) is 1. The normalized spacial score (nSPS) is 12.7. The predicted molar refractivity (Wildman–Crippen MR) is 71.6 cm³/mol. The van der Waals surface area contributed by atoms with Crippen molar-refractivity contribution in [1.29, 1.82) is 0 Å². The van der Waals surface area contributed by atoms with Crippen LogP contribution in [-0.4, -0.2) is 19.9 Å². The molecule has 0 aliphatic rings. The summed E-state index contributed by atoms with van der Waals surface area (Å²) in [4.78, 5) is 1.09. The van der Waals surface area contributed by atoms with Crippen molar-refractivity contribution >= 4 is 11.8 Å². The number of aliphatic hydroxyl groups is 1. The zero-order valence-electron chi connectivity index (χ0n) is 10.8. The SMILES string of the molecule is CCC(O)c1ccc(Sc2nnc(C)n2C)cc1. The Bertz CT molecular complexity index is 522. The molecule has 1 atom stereocenters. The first-order valence-corrected chi connectivity index (χ1v) is 6.75. The molecule has 1 aromatic heterocycles. The van der Waals surface area contributed by atoms with Crippen molar-refractivity contribution in [3.05, 3.63) is 35.7 Å². The lowest BCUT2D eigenvalue weighted by Crippen LogP contribution is -1.95. The van der Waals surface area contributed by atoms with E-state index in [9.17, 15) is 5.11 Å². The zero-order valence-corrected chi connectivity index (χ0v) is 11.6. The van der Waals surface area contributed by atoms with Crippen LogP contribution in [0, 0.1) is 6.92 Å². The molecule has 18 heavy (non-hydrogen) atoms. The Morgan fingerprint density at radius 1 is 1.28 bits per heavy atom. The third-order valence-electron chi connectivity index (χ3n) is 2.91. The van der Waals surface area contributed by atoms with E-state index in [-0.39, 0.29) is 6.10 Å². The third kappa shape index (κ3) is 2.73. The van der Waals surface area contributed by atoms with Gasteiger partial charge in [0.2, 0.25) is 0 Å². The molecule has 1 unspecified atom stereocenters. The largest absolute Gasteiger partial charge is 0.388 e. The maximum absolute atomic E-state index is 9.72. The van der Waals surface area contributed by atoms with Crippen LogP contribution >= 0.6 is 11.8 Å². The highest BCUT2D eigenvalue weighted by molar-refractivity contribution is 7.99. The van der Waals surface area contributed by atoms with E-state index >= 15 is 0 Å². The molecule has 0 spiro atoms. The molecule has 0 radical (unpaired) electrons. The Labute approximate surface area is 111 Å². The molecule has 2 rings (SSSR count). The molecule has 1 aromatic carbocycles. The minimum atomic E-state index is -0.374. The van der Waals surface area contributed by atoms with Crippen LogP contribution in [0.2, 0.25) is 0 Å². The van der Waals surface area contributed by atoms with Crippen LogP contribution in [0.15, 0.2) is 34.3 Å². The van der Waals surface area contributed by atoms with Gasteiger partial charge in [0.05, 0.1) is 6.10 Å². The topological polar surface area (TPSA) is 50.9 Å². The molecule has 0 aliphatic heterocycles. The van der Waals surface area contributed by atoms with Crippen LogP contribution in [0.3, 0.4) is 0 Å². The number of nitrogens with zero attached hydrogens (tertiary/aromatic N) is 3. The van der Waals surface area contributed by atoms with Gasteiger partial charge >= 0.3 is 0 Å². The van der Waals surface area contributed by atoms with Gasteiger partial charge in [-0.05, 0) is 42.8 Å². The summed E-state index contributed by atoms with van der Waals surface area (Å²) in [5.74, 6) is 0.899. The smallest absolute Gasteiger partial charge is 0.195 e. The van der Waals surface area contributed by atoms with E-state index in [1.165, 1.54) is 0 Å². The first-order chi connectivity index (χ1) is 8.61. The van der Waals surface area contributed by atoms with Crippen LogP contribution in [0.25, 0.3) is 0 Å². The number of hydrogen-bond acceptors (Lipinski definition) is 4. The van der Waals surface area contributed by atoms with Crippen molar-refractivity contribution in [2.24, 2.45) is 7.05 Å². The predicted octanol–water partition coefficient (Wildman–Crippen LogP) is 2.72. The van der Waals surface area contributed by atoms with Crippen LogP contribution in [0.5, 0.6) is 0 Å². The molecule has 5 heteroatoms. The summed E-state index contributed by atoms with van der Waals surface area (Å²) < 4.78 is 1.96. The maximum atomic E-state index is 9.72. The number of rotatable bonds is 4. The van der Waals surface area contributed by atoms with Crippen molar-refractivity contribution in [3.8, 4) is 0 Å². The van der Waals surface area contributed by atoms with Gasteiger partial charge < -0.3 is 9.67 Å². The molecule has 2 aromatic rings. The number of benzene rings is 1. The highest BCUT2D eigenvalue weighted by Crippen LogP contribution is 2.27. The van der Waals surface area contributed by atoms with Crippen LogP contribution in [-0.2, 0) is 7.05 Å². The molecule has 0 saturated heterocycles. The Balaban J connectivity index is 2.13. The molecule has 4 nitrogen and oxygen atoms in total. The van der Waals surface area contributed by atoms with Gasteiger partial charge in [0, 0.05) is 11.9 Å². The van der Waals surface area contributed by atoms with Gasteiger partial charge in [0.25, 0.3) is 0 Å². The maximum Gasteiger partial charge on any atom is 0.195 e. The highest BCUT2D eigenvalue weighted by Gasteiger charge is 2.08. The highest BCUT2D eigenvalue weighted by atomic mass is 32.2. The van der Waals surface area contributed by atoms with Gasteiger partial charge in [-0.15, -0.1) is 10.2 Å². The van der Waals surface area contributed by atoms with Gasteiger partial charge in [0.15, 0.2) is 5.16 Å². The second kappa shape index (κ2) is 5.54. The van der Waals surface area contributed by atoms with E-state index in [0.29, 0.717) is 0 Å². The van der Waals surface area contributed by atoms with E-state index in [0.717, 1.165) is 27.9 Å². The van der Waals surface area contributed by atoms with Gasteiger partial charge in [-0.25, -0.2) is 0 Å². The van der Waals surface area contributed by atoms with E-state index in [4.69, 9.17) is 0 Å². The first kappa shape index (κ1) is 13.1. The first-order valence-electron chi connectivity index (χ1n) is 5.93. The zero-order chi connectivity index (χ0) is 13.1. The minimum absolute atomic E-state index is 0.374. The van der Waals surface area contributed by atoms with E-state index in [2.05, 4.69) is 10.2 Å². The number of aromatic nitrogens is 3. The minimum Gasteiger partial charge on any atom is -0.388 e. The second-order valence-corrected chi connectivity index (χ2v) is 5.22. The van der Waals surface area contributed by atoms with Crippen molar-refractivity contribution in [1.82, 2.24) is 14.8 Å². The van der Waals surface area contributed by atoms with Crippen molar-refractivity contribution in [3.63, 3.8) is 0 Å². The molecule has 1 N–H and O–H groups in total. The van der Waals surface area contributed by atoms with Crippen LogP contribution < -0.4 is 0 Å². The van der Waals surface area contributed by atoms with E-state index in [1.54, 1.807) is 11.8 Å². The Morgan fingerprint density at radius 3 is 2.44 bits per heavy atom. The molecule has 0 fully saturated rings. The Morgan fingerprint density at radius 2 is 1.94 bits per heavy atom. The monoisotopic (exact) mass is 263 g/mol. The third-order valence-corrected chi connectivity index (χ3v) is 3.96. The van der Waals surface area contributed by atoms with Crippen LogP contribution in [0.4, 0.5) is 0 Å². The fraction of sp³-hybridized carbons (Fsp3) is 0.385. The van der Waals surface area contributed by atoms with Gasteiger partial charge in [-0.1, -0.05) is 19.1 Å². The summed E-state index contributed by atoms with van der Waals surface area (Å²) in [6.07, 6.45) is 0.357. The molecule has 1 heterocycles. The standard InChI is InChI=1S/C13H17N3OS/c1-4-12(17)10-5-7-11(8-6-10)18-13-15-14-9(2)16(13)3/h5-8,12,17H,4H2,1-3H3. The lowest BCUT2D eigenvalue weighted by atomic mass is 10.1. The summed E-state index contributed by atoms with van der Waals surface area (Å²) >= 11 is 1.57. The Kier molecular flexibility index (Phi) is 4.04. The number of aliphatic hydroxyl groups excluding tert-OH is 1. The number of aryl methyl sites for hydroxylation is 1. The second-order valence-electron chi connectivity index (χ2n) is 4.18. The summed E-state index contributed by atoms with van der Waals surface area (Å²) in [7, 11) is 1.95. The molecule has 0 amide bonds. The molecule has 0 saturated carbocycles. The van der Waals surface area contributed by atoms with E-state index < -0.39 is 0 Å². The Hall–Kier alpha value is -1.33. The van der Waals surface area contributed by atoms with Crippen molar-refractivity contribution in [2.45, 2.75) is 36.4 Å². The fourth-order valence-electron chi connectivity index (χ4n) is 1.58. The summed E-state index contributed by atoms with van der Waals surface area (Å²) in [6, 6.07) is 7.92. The van der Waals surface area contributed by atoms with Gasteiger partial charge in [0.1, 0.15) is 5.82 Å². The molecular weight excluding hydrogens is 246 g/mol.